The zero-order valence-electron chi connectivity index (χ0n) is 14.5. The molecular formula is C18H22F3N3O2. The van der Waals surface area contributed by atoms with Crippen LogP contribution in [0.25, 0.3) is 0 Å². The van der Waals surface area contributed by atoms with Crippen LogP contribution in [-0.2, 0) is 13.6 Å². The van der Waals surface area contributed by atoms with Crippen molar-refractivity contribution in [2.75, 3.05) is 13.1 Å². The van der Waals surface area contributed by atoms with Crippen LogP contribution in [0.4, 0.5) is 13.2 Å². The van der Waals surface area contributed by atoms with Gasteiger partial charge in [0, 0.05) is 26.0 Å². The fraction of sp³-hybridized carbons (Fsp3) is 0.500. The Morgan fingerprint density at radius 1 is 1.23 bits per heavy atom. The molecule has 1 atom stereocenters. The standard InChI is InChI=1S/C18H22F3N3O2/c1-23-11-8-22-17(23)16(25)14-6-9-24(10-7-14)12-13-2-4-15(5-3-13)26-18(19,20)21/h2-5,8,11,14,16,25H,6-7,9-10,12H2,1H3. The monoisotopic (exact) mass is 369 g/mol. The normalized spacial score (nSPS) is 18.0. The number of rotatable bonds is 5. The molecule has 1 unspecified atom stereocenters. The lowest BCUT2D eigenvalue weighted by Crippen LogP contribution is -2.35. The van der Waals surface area contributed by atoms with Crippen LogP contribution in [0, 0.1) is 5.92 Å². The van der Waals surface area contributed by atoms with E-state index in [1.807, 2.05) is 17.8 Å². The first kappa shape index (κ1) is 18.7. The van der Waals surface area contributed by atoms with Gasteiger partial charge in [-0.25, -0.2) is 4.98 Å². The second-order valence-corrected chi connectivity index (χ2v) is 6.65. The van der Waals surface area contributed by atoms with Gasteiger partial charge < -0.3 is 14.4 Å². The lowest BCUT2D eigenvalue weighted by Gasteiger charge is -2.34. The first-order valence-electron chi connectivity index (χ1n) is 8.54. The maximum Gasteiger partial charge on any atom is 0.573 e. The van der Waals surface area contributed by atoms with Crippen molar-refractivity contribution in [3.05, 3.63) is 48.0 Å². The average molecular weight is 369 g/mol. The van der Waals surface area contributed by atoms with Gasteiger partial charge >= 0.3 is 6.36 Å². The molecule has 0 radical (unpaired) electrons. The highest BCUT2D eigenvalue weighted by molar-refractivity contribution is 5.27. The molecule has 2 aromatic rings. The number of imidazole rings is 1. The summed E-state index contributed by atoms with van der Waals surface area (Å²) in [5.41, 5.74) is 0.933. The first-order chi connectivity index (χ1) is 12.3. The molecule has 1 saturated heterocycles. The van der Waals surface area contributed by atoms with Crippen LogP contribution < -0.4 is 4.74 Å². The largest absolute Gasteiger partial charge is 0.573 e. The second kappa shape index (κ2) is 7.67. The smallest absolute Gasteiger partial charge is 0.406 e. The number of benzene rings is 1. The number of aliphatic hydroxyl groups excluding tert-OH is 1. The molecule has 1 aromatic heterocycles. The van der Waals surface area contributed by atoms with Crippen LogP contribution >= 0.6 is 0 Å². The summed E-state index contributed by atoms with van der Waals surface area (Å²) in [6.45, 7) is 2.32. The van der Waals surface area contributed by atoms with E-state index in [-0.39, 0.29) is 11.7 Å². The fourth-order valence-electron chi connectivity index (χ4n) is 3.35. The van der Waals surface area contributed by atoms with E-state index in [0.717, 1.165) is 31.5 Å². The van der Waals surface area contributed by atoms with Gasteiger partial charge in [0.1, 0.15) is 17.7 Å². The lowest BCUT2D eigenvalue weighted by molar-refractivity contribution is -0.274. The number of aromatic nitrogens is 2. The van der Waals surface area contributed by atoms with Crippen molar-refractivity contribution in [1.82, 2.24) is 14.5 Å². The van der Waals surface area contributed by atoms with Crippen LogP contribution in [-0.4, -0.2) is 39.0 Å². The minimum absolute atomic E-state index is 0.162. The van der Waals surface area contributed by atoms with Gasteiger partial charge in [-0.05, 0) is 49.5 Å². The summed E-state index contributed by atoms with van der Waals surface area (Å²) in [4.78, 5) is 6.46. The summed E-state index contributed by atoms with van der Waals surface area (Å²) in [5.74, 6) is 0.636. The molecule has 3 rings (SSSR count). The highest BCUT2D eigenvalue weighted by Crippen LogP contribution is 2.30. The Kier molecular flexibility index (Phi) is 5.52. The van der Waals surface area contributed by atoms with Crippen molar-refractivity contribution in [3.8, 4) is 5.75 Å². The SMILES string of the molecule is Cn1ccnc1C(O)C1CCN(Cc2ccc(OC(F)(F)F)cc2)CC1. The van der Waals surface area contributed by atoms with Crippen molar-refractivity contribution in [3.63, 3.8) is 0 Å². The van der Waals surface area contributed by atoms with Gasteiger partial charge in [-0.2, -0.15) is 0 Å². The van der Waals surface area contributed by atoms with Crippen molar-refractivity contribution in [2.45, 2.75) is 31.9 Å². The predicted molar refractivity (Wildman–Crippen MR) is 89.3 cm³/mol. The third-order valence-corrected chi connectivity index (χ3v) is 4.76. The van der Waals surface area contributed by atoms with Crippen LogP contribution in [0.1, 0.15) is 30.3 Å². The van der Waals surface area contributed by atoms with Crippen LogP contribution in [0.2, 0.25) is 0 Å². The molecular weight excluding hydrogens is 347 g/mol. The van der Waals surface area contributed by atoms with E-state index in [0.29, 0.717) is 12.4 Å². The lowest BCUT2D eigenvalue weighted by atomic mass is 9.90. The molecule has 142 valence electrons. The molecule has 0 aliphatic carbocycles. The highest BCUT2D eigenvalue weighted by atomic mass is 19.4. The summed E-state index contributed by atoms with van der Waals surface area (Å²) < 4.78 is 42.3. The number of likely N-dealkylation sites (tertiary alicyclic amines) is 1. The van der Waals surface area contributed by atoms with Gasteiger partial charge in [-0.1, -0.05) is 12.1 Å². The molecule has 26 heavy (non-hydrogen) atoms. The van der Waals surface area contributed by atoms with Gasteiger partial charge in [0.15, 0.2) is 0 Å². The minimum atomic E-state index is -4.67. The van der Waals surface area contributed by atoms with E-state index in [2.05, 4.69) is 14.6 Å². The van der Waals surface area contributed by atoms with Gasteiger partial charge in [-0.3, -0.25) is 4.90 Å². The van der Waals surface area contributed by atoms with Crippen molar-refractivity contribution >= 4 is 0 Å². The Morgan fingerprint density at radius 2 is 1.88 bits per heavy atom. The summed E-state index contributed by atoms with van der Waals surface area (Å²) in [6, 6.07) is 5.96. The Morgan fingerprint density at radius 3 is 2.42 bits per heavy atom. The molecule has 1 aliphatic heterocycles. The number of piperidine rings is 1. The van der Waals surface area contributed by atoms with Gasteiger partial charge in [0.25, 0.3) is 0 Å². The average Bonchev–Trinajstić information content (AvgIpc) is 3.01. The van der Waals surface area contributed by atoms with Crippen LogP contribution in [0.3, 0.4) is 0 Å². The number of hydrogen-bond donors (Lipinski definition) is 1. The Hall–Kier alpha value is -2.06. The molecule has 5 nitrogen and oxygen atoms in total. The molecule has 8 heteroatoms. The number of aryl methyl sites for hydroxylation is 1. The molecule has 0 spiro atoms. The second-order valence-electron chi connectivity index (χ2n) is 6.65. The summed E-state index contributed by atoms with van der Waals surface area (Å²) in [6.07, 6.45) is -0.0417. The van der Waals surface area contributed by atoms with Crippen molar-refractivity contribution in [1.29, 1.82) is 0 Å². The van der Waals surface area contributed by atoms with E-state index >= 15 is 0 Å². The molecule has 1 aliphatic rings. The molecule has 0 amide bonds. The topological polar surface area (TPSA) is 50.5 Å². The van der Waals surface area contributed by atoms with E-state index in [4.69, 9.17) is 0 Å². The Bertz CT molecular complexity index is 707. The number of aliphatic hydroxyl groups is 1. The minimum Gasteiger partial charge on any atom is -0.406 e. The zero-order chi connectivity index (χ0) is 18.7. The number of nitrogens with zero attached hydrogens (tertiary/aromatic N) is 3. The maximum atomic E-state index is 12.2. The number of halogens is 3. The van der Waals surface area contributed by atoms with Crippen LogP contribution in [0.5, 0.6) is 5.75 Å². The first-order valence-corrected chi connectivity index (χ1v) is 8.54. The fourth-order valence-corrected chi connectivity index (χ4v) is 3.35. The van der Waals surface area contributed by atoms with Crippen LogP contribution in [0.15, 0.2) is 36.7 Å². The van der Waals surface area contributed by atoms with Gasteiger partial charge in [0.2, 0.25) is 0 Å². The number of hydrogen-bond acceptors (Lipinski definition) is 4. The summed E-state index contributed by atoms with van der Waals surface area (Å²) in [5, 5.41) is 10.5. The highest BCUT2D eigenvalue weighted by Gasteiger charge is 2.31. The molecule has 1 N–H and O–H groups in total. The molecule has 1 fully saturated rings. The van der Waals surface area contributed by atoms with Gasteiger partial charge in [-0.15, -0.1) is 13.2 Å². The van der Waals surface area contributed by atoms with Crippen molar-refractivity contribution < 1.29 is 23.0 Å². The summed E-state index contributed by atoms with van der Waals surface area (Å²) in [7, 11) is 1.87. The molecule has 0 bridgehead atoms. The van der Waals surface area contributed by atoms with E-state index in [9.17, 15) is 18.3 Å². The molecule has 2 heterocycles. The summed E-state index contributed by atoms with van der Waals surface area (Å²) >= 11 is 0. The third kappa shape index (κ3) is 4.76. The number of ether oxygens (including phenoxy) is 1. The quantitative estimate of drug-likeness (QED) is 0.879. The van der Waals surface area contributed by atoms with Crippen molar-refractivity contribution in [2.24, 2.45) is 13.0 Å². The predicted octanol–water partition coefficient (Wildman–Crippen LogP) is 3.26. The zero-order valence-corrected chi connectivity index (χ0v) is 14.5. The third-order valence-electron chi connectivity index (χ3n) is 4.76. The molecule has 0 saturated carbocycles. The van der Waals surface area contributed by atoms with E-state index in [1.165, 1.54) is 12.1 Å². The van der Waals surface area contributed by atoms with Gasteiger partial charge in [0.05, 0.1) is 0 Å². The van der Waals surface area contributed by atoms with E-state index in [1.54, 1.807) is 18.3 Å². The Balaban J connectivity index is 1.50. The Labute approximate surface area is 150 Å². The maximum absolute atomic E-state index is 12.2. The number of alkyl halides is 3. The molecule has 1 aromatic carbocycles. The van der Waals surface area contributed by atoms with E-state index < -0.39 is 12.5 Å².